The standard InChI is InChI=1S/C11H15N3O3S/c1-3-12-10(15)8-4-5-9(14-13-8)18-6-7(2)11(16)17/h4-5,7H,3,6H2,1-2H3,(H,12,15)(H,16,17). The van der Waals surface area contributed by atoms with E-state index in [1.54, 1.807) is 19.1 Å². The van der Waals surface area contributed by atoms with Crippen LogP contribution in [-0.2, 0) is 4.79 Å². The van der Waals surface area contributed by atoms with Gasteiger partial charge in [-0.2, -0.15) is 0 Å². The van der Waals surface area contributed by atoms with Gasteiger partial charge in [-0.25, -0.2) is 0 Å². The van der Waals surface area contributed by atoms with Crippen molar-refractivity contribution in [1.29, 1.82) is 0 Å². The number of amides is 1. The number of hydrogen-bond donors (Lipinski definition) is 2. The van der Waals surface area contributed by atoms with Gasteiger partial charge in [-0.15, -0.1) is 22.0 Å². The maximum Gasteiger partial charge on any atom is 0.307 e. The first kappa shape index (κ1) is 14.4. The van der Waals surface area contributed by atoms with Crippen LogP contribution in [0.5, 0.6) is 0 Å². The summed E-state index contributed by atoms with van der Waals surface area (Å²) in [6, 6.07) is 3.24. The zero-order valence-electron chi connectivity index (χ0n) is 10.2. The van der Waals surface area contributed by atoms with Gasteiger partial charge in [0.1, 0.15) is 5.03 Å². The quantitative estimate of drug-likeness (QED) is 0.750. The van der Waals surface area contributed by atoms with Gasteiger partial charge in [-0.3, -0.25) is 9.59 Å². The molecule has 7 heteroatoms. The molecule has 0 aliphatic rings. The predicted octanol–water partition coefficient (Wildman–Crippen LogP) is 1.04. The second kappa shape index (κ2) is 6.95. The molecular formula is C11H15N3O3S. The van der Waals surface area contributed by atoms with Gasteiger partial charge in [-0.1, -0.05) is 6.92 Å². The van der Waals surface area contributed by atoms with Crippen LogP contribution >= 0.6 is 11.8 Å². The van der Waals surface area contributed by atoms with Crippen molar-refractivity contribution in [2.75, 3.05) is 12.3 Å². The fraction of sp³-hybridized carbons (Fsp3) is 0.455. The molecule has 1 atom stereocenters. The molecule has 0 aliphatic heterocycles. The molecule has 0 aliphatic carbocycles. The van der Waals surface area contributed by atoms with Crippen LogP contribution in [0, 0.1) is 5.92 Å². The van der Waals surface area contributed by atoms with E-state index in [-0.39, 0.29) is 11.6 Å². The van der Waals surface area contributed by atoms with Crippen LogP contribution in [0.25, 0.3) is 0 Å². The minimum Gasteiger partial charge on any atom is -0.481 e. The number of carbonyl (C=O) groups excluding carboxylic acids is 1. The molecule has 0 spiro atoms. The van der Waals surface area contributed by atoms with Gasteiger partial charge in [0.15, 0.2) is 5.69 Å². The third-order valence-electron chi connectivity index (χ3n) is 2.11. The van der Waals surface area contributed by atoms with Gasteiger partial charge in [0.05, 0.1) is 5.92 Å². The largest absolute Gasteiger partial charge is 0.481 e. The Bertz CT molecular complexity index is 422. The first-order chi connectivity index (χ1) is 8.54. The summed E-state index contributed by atoms with van der Waals surface area (Å²) in [5.41, 5.74) is 0.257. The van der Waals surface area contributed by atoms with Gasteiger partial charge in [0, 0.05) is 12.3 Å². The monoisotopic (exact) mass is 269 g/mol. The predicted molar refractivity (Wildman–Crippen MR) is 67.6 cm³/mol. The van der Waals surface area contributed by atoms with Gasteiger partial charge in [0.2, 0.25) is 0 Å². The SMILES string of the molecule is CCNC(=O)c1ccc(SCC(C)C(=O)O)nn1. The summed E-state index contributed by atoms with van der Waals surface area (Å²) in [5.74, 6) is -1.13. The number of rotatable bonds is 6. The zero-order valence-corrected chi connectivity index (χ0v) is 11.0. The molecule has 1 aromatic rings. The average molecular weight is 269 g/mol. The lowest BCUT2D eigenvalue weighted by Gasteiger charge is -2.05. The third-order valence-corrected chi connectivity index (χ3v) is 3.29. The van der Waals surface area contributed by atoms with E-state index in [0.29, 0.717) is 17.3 Å². The summed E-state index contributed by atoms with van der Waals surface area (Å²) in [5, 5.41) is 19.6. The number of hydrogen-bond acceptors (Lipinski definition) is 5. The van der Waals surface area contributed by atoms with Crippen LogP contribution in [0.1, 0.15) is 24.3 Å². The van der Waals surface area contributed by atoms with E-state index < -0.39 is 11.9 Å². The molecule has 0 bridgehead atoms. The molecule has 1 unspecified atom stereocenters. The fourth-order valence-corrected chi connectivity index (χ4v) is 1.88. The lowest BCUT2D eigenvalue weighted by molar-refractivity contribution is -0.140. The number of aromatic nitrogens is 2. The van der Waals surface area contributed by atoms with Crippen LogP contribution < -0.4 is 5.32 Å². The number of carboxylic acids is 1. The van der Waals surface area contributed by atoms with Crippen LogP contribution in [0.2, 0.25) is 0 Å². The Hall–Kier alpha value is -1.63. The highest BCUT2D eigenvalue weighted by Gasteiger charge is 2.12. The van der Waals surface area contributed by atoms with Crippen molar-refractivity contribution in [2.24, 2.45) is 5.92 Å². The zero-order chi connectivity index (χ0) is 13.5. The molecule has 0 saturated carbocycles. The summed E-state index contributed by atoms with van der Waals surface area (Å²) in [6.45, 7) is 3.99. The van der Waals surface area contributed by atoms with E-state index in [1.165, 1.54) is 11.8 Å². The molecule has 6 nitrogen and oxygen atoms in total. The number of thioether (sulfide) groups is 1. The number of carboxylic acid groups (broad SMARTS) is 1. The number of aliphatic carboxylic acids is 1. The third kappa shape index (κ3) is 4.33. The van der Waals surface area contributed by atoms with Crippen molar-refractivity contribution < 1.29 is 14.7 Å². The van der Waals surface area contributed by atoms with Crippen molar-refractivity contribution >= 4 is 23.6 Å². The molecule has 1 rings (SSSR count). The van der Waals surface area contributed by atoms with Gasteiger partial charge in [0.25, 0.3) is 5.91 Å². The number of nitrogens with zero attached hydrogens (tertiary/aromatic N) is 2. The van der Waals surface area contributed by atoms with Crippen LogP contribution in [0.15, 0.2) is 17.2 Å². The maximum absolute atomic E-state index is 11.4. The molecule has 98 valence electrons. The molecule has 0 saturated heterocycles. The minimum atomic E-state index is -0.839. The van der Waals surface area contributed by atoms with Crippen molar-refractivity contribution in [2.45, 2.75) is 18.9 Å². The summed E-state index contributed by atoms with van der Waals surface area (Å²) >= 11 is 1.30. The highest BCUT2D eigenvalue weighted by molar-refractivity contribution is 7.99. The smallest absolute Gasteiger partial charge is 0.307 e. The first-order valence-electron chi connectivity index (χ1n) is 5.52. The van der Waals surface area contributed by atoms with E-state index in [9.17, 15) is 9.59 Å². The van der Waals surface area contributed by atoms with E-state index >= 15 is 0 Å². The number of carbonyl (C=O) groups is 2. The summed E-state index contributed by atoms with van der Waals surface area (Å²) < 4.78 is 0. The second-order valence-corrected chi connectivity index (χ2v) is 4.71. The van der Waals surface area contributed by atoms with Crippen molar-refractivity contribution in [3.05, 3.63) is 17.8 Å². The molecule has 0 fully saturated rings. The Balaban J connectivity index is 2.55. The summed E-state index contributed by atoms with van der Waals surface area (Å²) in [4.78, 5) is 22.0. The highest BCUT2D eigenvalue weighted by Crippen LogP contribution is 2.17. The second-order valence-electron chi connectivity index (χ2n) is 3.67. The lowest BCUT2D eigenvalue weighted by Crippen LogP contribution is -2.24. The molecule has 0 radical (unpaired) electrons. The van der Waals surface area contributed by atoms with E-state index in [1.807, 2.05) is 6.92 Å². The lowest BCUT2D eigenvalue weighted by atomic mass is 10.2. The molecule has 1 amide bonds. The average Bonchev–Trinajstić information content (AvgIpc) is 2.36. The minimum absolute atomic E-state index is 0.257. The fourth-order valence-electron chi connectivity index (χ4n) is 1.05. The van der Waals surface area contributed by atoms with Crippen LogP contribution in [0.4, 0.5) is 0 Å². The Kier molecular flexibility index (Phi) is 5.57. The van der Waals surface area contributed by atoms with Gasteiger partial charge in [-0.05, 0) is 19.1 Å². The van der Waals surface area contributed by atoms with Gasteiger partial charge < -0.3 is 10.4 Å². The summed E-state index contributed by atoms with van der Waals surface area (Å²) in [6.07, 6.45) is 0. The van der Waals surface area contributed by atoms with E-state index in [2.05, 4.69) is 15.5 Å². The first-order valence-corrected chi connectivity index (χ1v) is 6.50. The Morgan fingerprint density at radius 1 is 1.44 bits per heavy atom. The van der Waals surface area contributed by atoms with E-state index in [4.69, 9.17) is 5.11 Å². The topological polar surface area (TPSA) is 92.2 Å². The van der Waals surface area contributed by atoms with Crippen molar-refractivity contribution in [1.82, 2.24) is 15.5 Å². The molecule has 2 N–H and O–H groups in total. The number of nitrogens with one attached hydrogen (secondary N) is 1. The Labute approximate surface area is 109 Å². The normalized spacial score (nSPS) is 11.9. The van der Waals surface area contributed by atoms with Gasteiger partial charge >= 0.3 is 5.97 Å². The highest BCUT2D eigenvalue weighted by atomic mass is 32.2. The summed E-state index contributed by atoms with van der Waals surface area (Å²) in [7, 11) is 0. The van der Waals surface area contributed by atoms with Crippen molar-refractivity contribution in [3.63, 3.8) is 0 Å². The van der Waals surface area contributed by atoms with Crippen LogP contribution in [-0.4, -0.2) is 39.5 Å². The Morgan fingerprint density at radius 3 is 2.67 bits per heavy atom. The molecule has 18 heavy (non-hydrogen) atoms. The maximum atomic E-state index is 11.4. The molecule has 1 heterocycles. The van der Waals surface area contributed by atoms with Crippen LogP contribution in [0.3, 0.4) is 0 Å². The van der Waals surface area contributed by atoms with E-state index in [0.717, 1.165) is 0 Å². The molecular weight excluding hydrogens is 254 g/mol. The van der Waals surface area contributed by atoms with Crippen molar-refractivity contribution in [3.8, 4) is 0 Å². The molecule has 1 aromatic heterocycles. The molecule has 0 aromatic carbocycles. The Morgan fingerprint density at radius 2 is 2.17 bits per heavy atom.